The van der Waals surface area contributed by atoms with Crippen LogP contribution in [0, 0.1) is 5.82 Å². The summed E-state index contributed by atoms with van der Waals surface area (Å²) in [5.74, 6) is 1.55. The lowest BCUT2D eigenvalue weighted by molar-refractivity contribution is -0.104. The molecule has 0 aliphatic carbocycles. The van der Waals surface area contributed by atoms with Gasteiger partial charge in [0.1, 0.15) is 36.6 Å². The zero-order valence-corrected chi connectivity index (χ0v) is 21.1. The van der Waals surface area contributed by atoms with Crippen LogP contribution in [0.15, 0.2) is 77.9 Å². The second-order valence-electron chi connectivity index (χ2n) is 8.88. The van der Waals surface area contributed by atoms with Gasteiger partial charge in [0.25, 0.3) is 0 Å². The van der Waals surface area contributed by atoms with Crippen LogP contribution in [0.1, 0.15) is 30.0 Å². The van der Waals surface area contributed by atoms with E-state index in [1.807, 2.05) is 18.3 Å². The van der Waals surface area contributed by atoms with Crippen LogP contribution < -0.4 is 10.1 Å². The van der Waals surface area contributed by atoms with E-state index < -0.39 is 0 Å². The highest BCUT2D eigenvalue weighted by Gasteiger charge is 2.23. The number of carbonyl (C=O) groups is 1. The number of aromatic nitrogens is 3. The van der Waals surface area contributed by atoms with Crippen LogP contribution in [0.2, 0.25) is 5.02 Å². The van der Waals surface area contributed by atoms with Gasteiger partial charge in [-0.2, -0.15) is 0 Å². The molecule has 1 aliphatic heterocycles. The number of carbonyl (C=O) groups excluding carboxylic acids is 1. The Morgan fingerprint density at radius 3 is 2.84 bits per heavy atom. The van der Waals surface area contributed by atoms with Gasteiger partial charge in [-0.05, 0) is 54.8 Å². The molecule has 2 aromatic carbocycles. The van der Waals surface area contributed by atoms with Gasteiger partial charge < -0.3 is 19.5 Å². The van der Waals surface area contributed by atoms with Gasteiger partial charge in [0.05, 0.1) is 16.3 Å². The molecular weight excluding hydrogens is 509 g/mol. The van der Waals surface area contributed by atoms with Crippen LogP contribution in [-0.4, -0.2) is 39.4 Å². The number of ether oxygens (including phenoxy) is 1. The first-order valence-corrected chi connectivity index (χ1v) is 12.5. The highest BCUT2D eigenvalue weighted by atomic mass is 35.5. The van der Waals surface area contributed by atoms with Crippen molar-refractivity contribution >= 4 is 29.4 Å². The van der Waals surface area contributed by atoms with Crippen LogP contribution in [0.5, 0.6) is 5.75 Å². The van der Waals surface area contributed by atoms with Gasteiger partial charge in [0, 0.05) is 43.2 Å². The number of hydrogen-bond acceptors (Lipinski definition) is 8. The van der Waals surface area contributed by atoms with Gasteiger partial charge in [-0.15, -0.1) is 0 Å². The smallest absolute Gasteiger partial charge is 0.172 e. The SMILES string of the molecule is O=CC=CN1CCC(c2cc(-c3cncnc3Nc3ccc(OCc4cccc(F)c4)c(Cl)c3)on2)CC1. The van der Waals surface area contributed by atoms with E-state index in [0.29, 0.717) is 39.2 Å². The van der Waals surface area contributed by atoms with Gasteiger partial charge in [-0.25, -0.2) is 14.4 Å². The van der Waals surface area contributed by atoms with E-state index in [1.54, 1.807) is 30.5 Å². The molecule has 0 bridgehead atoms. The number of piperidine rings is 1. The molecule has 0 saturated carbocycles. The van der Waals surface area contributed by atoms with Crippen LogP contribution in [-0.2, 0) is 11.4 Å². The van der Waals surface area contributed by atoms with E-state index in [9.17, 15) is 9.18 Å². The summed E-state index contributed by atoms with van der Waals surface area (Å²) in [6, 6.07) is 13.5. The standard InChI is InChI=1S/C28H25ClFN5O3/c29-24-14-22(5-6-26(24)37-17-19-3-1-4-21(30)13-19)33-28-23(16-31-18-32-28)27-15-25(34-38-27)20-7-10-35(11-8-20)9-2-12-36/h1-6,9,12-16,18,20H,7-8,10-11,17H2,(H,31,32,33). The minimum Gasteiger partial charge on any atom is -0.487 e. The summed E-state index contributed by atoms with van der Waals surface area (Å²) >= 11 is 6.45. The molecule has 10 heteroatoms. The molecule has 8 nitrogen and oxygen atoms in total. The summed E-state index contributed by atoms with van der Waals surface area (Å²) in [6.45, 7) is 1.89. The van der Waals surface area contributed by atoms with Crippen molar-refractivity contribution in [2.75, 3.05) is 18.4 Å². The number of rotatable bonds is 9. The molecule has 38 heavy (non-hydrogen) atoms. The summed E-state index contributed by atoms with van der Waals surface area (Å²) < 4.78 is 24.9. The van der Waals surface area contributed by atoms with E-state index >= 15 is 0 Å². The zero-order valence-electron chi connectivity index (χ0n) is 20.4. The van der Waals surface area contributed by atoms with E-state index in [2.05, 4.69) is 25.3 Å². The van der Waals surface area contributed by atoms with Crippen LogP contribution >= 0.6 is 11.6 Å². The molecular formula is C28H25ClFN5O3. The van der Waals surface area contributed by atoms with Crippen LogP contribution in [0.4, 0.5) is 15.9 Å². The topological polar surface area (TPSA) is 93.4 Å². The minimum absolute atomic E-state index is 0.197. The Kier molecular flexibility index (Phi) is 7.94. The first kappa shape index (κ1) is 25.4. The molecule has 0 amide bonds. The maximum atomic E-state index is 13.4. The quantitative estimate of drug-likeness (QED) is 0.202. The summed E-state index contributed by atoms with van der Waals surface area (Å²) in [5.41, 5.74) is 2.96. The van der Waals surface area contributed by atoms with Gasteiger partial charge in [-0.1, -0.05) is 28.9 Å². The number of allylic oxidation sites excluding steroid dienone is 1. The van der Waals surface area contributed by atoms with Crippen LogP contribution in [0.3, 0.4) is 0 Å². The maximum absolute atomic E-state index is 13.4. The first-order chi connectivity index (χ1) is 18.6. The summed E-state index contributed by atoms with van der Waals surface area (Å²) in [5, 5.41) is 7.98. The summed E-state index contributed by atoms with van der Waals surface area (Å²) in [4.78, 5) is 21.2. The zero-order chi connectivity index (χ0) is 26.3. The number of likely N-dealkylation sites (tertiary alicyclic amines) is 1. The molecule has 2 aromatic heterocycles. The molecule has 194 valence electrons. The predicted octanol–water partition coefficient (Wildman–Crippen LogP) is 6.14. The molecule has 1 fully saturated rings. The molecule has 1 aliphatic rings. The monoisotopic (exact) mass is 533 g/mol. The van der Waals surface area contributed by atoms with Crippen molar-refractivity contribution in [2.45, 2.75) is 25.4 Å². The third-order valence-corrected chi connectivity index (χ3v) is 6.60. The number of aldehydes is 1. The largest absolute Gasteiger partial charge is 0.487 e. The fraction of sp³-hybridized carbons (Fsp3) is 0.214. The van der Waals surface area contributed by atoms with Gasteiger partial charge >= 0.3 is 0 Å². The number of halogens is 2. The van der Waals surface area contributed by atoms with Crippen molar-refractivity contribution in [3.05, 3.63) is 95.4 Å². The third-order valence-electron chi connectivity index (χ3n) is 6.31. The normalized spacial score (nSPS) is 14.1. The van der Waals surface area contributed by atoms with Crippen molar-refractivity contribution in [3.8, 4) is 17.1 Å². The molecule has 1 N–H and O–H groups in total. The molecule has 0 spiro atoms. The average molecular weight is 534 g/mol. The average Bonchev–Trinajstić information content (AvgIpc) is 3.42. The van der Waals surface area contributed by atoms with Crippen LogP contribution in [0.25, 0.3) is 11.3 Å². The predicted molar refractivity (Wildman–Crippen MR) is 142 cm³/mol. The molecule has 0 radical (unpaired) electrons. The Bertz CT molecular complexity index is 1440. The Hall–Kier alpha value is -4.24. The number of benzene rings is 2. The molecule has 0 unspecified atom stereocenters. The highest BCUT2D eigenvalue weighted by molar-refractivity contribution is 6.32. The van der Waals surface area contributed by atoms with Crippen molar-refractivity contribution in [1.29, 1.82) is 0 Å². The third kappa shape index (κ3) is 6.18. The van der Waals surface area contributed by atoms with E-state index in [1.165, 1.54) is 24.5 Å². The van der Waals surface area contributed by atoms with Crippen molar-refractivity contribution in [3.63, 3.8) is 0 Å². The first-order valence-electron chi connectivity index (χ1n) is 12.2. The van der Waals surface area contributed by atoms with E-state index in [0.717, 1.165) is 37.9 Å². The Morgan fingerprint density at radius 1 is 1.18 bits per heavy atom. The van der Waals surface area contributed by atoms with Crippen molar-refractivity contribution in [2.24, 2.45) is 0 Å². The Morgan fingerprint density at radius 2 is 2.05 bits per heavy atom. The summed E-state index contributed by atoms with van der Waals surface area (Å²) in [7, 11) is 0. The second-order valence-corrected chi connectivity index (χ2v) is 9.28. The maximum Gasteiger partial charge on any atom is 0.172 e. The lowest BCUT2D eigenvalue weighted by Gasteiger charge is -2.29. The molecule has 3 heterocycles. The number of nitrogens with one attached hydrogen (secondary N) is 1. The number of hydrogen-bond donors (Lipinski definition) is 1. The lowest BCUT2D eigenvalue weighted by atomic mass is 9.93. The Balaban J connectivity index is 1.26. The molecule has 0 atom stereocenters. The highest BCUT2D eigenvalue weighted by Crippen LogP contribution is 2.35. The number of nitrogens with zero attached hydrogens (tertiary/aromatic N) is 4. The molecule has 5 rings (SSSR count). The van der Waals surface area contributed by atoms with Crippen molar-refractivity contribution < 1.29 is 18.4 Å². The Labute approximate surface area is 224 Å². The number of anilines is 2. The van der Waals surface area contributed by atoms with Gasteiger partial charge in [0.2, 0.25) is 0 Å². The fourth-order valence-corrected chi connectivity index (χ4v) is 4.57. The van der Waals surface area contributed by atoms with E-state index in [4.69, 9.17) is 20.9 Å². The fourth-order valence-electron chi connectivity index (χ4n) is 4.34. The molecule has 1 saturated heterocycles. The van der Waals surface area contributed by atoms with E-state index in [-0.39, 0.29) is 18.3 Å². The second kappa shape index (κ2) is 11.9. The van der Waals surface area contributed by atoms with Gasteiger partial charge in [-0.3, -0.25) is 4.79 Å². The molecule has 4 aromatic rings. The minimum atomic E-state index is -0.315. The lowest BCUT2D eigenvalue weighted by Crippen LogP contribution is -2.28. The summed E-state index contributed by atoms with van der Waals surface area (Å²) in [6.07, 6.45) is 9.07. The van der Waals surface area contributed by atoms with Gasteiger partial charge in [0.15, 0.2) is 5.76 Å². The van der Waals surface area contributed by atoms with Crippen molar-refractivity contribution in [1.82, 2.24) is 20.0 Å².